The summed E-state index contributed by atoms with van der Waals surface area (Å²) in [6, 6.07) is 2.40. The van der Waals surface area contributed by atoms with Gasteiger partial charge in [-0.25, -0.2) is 14.8 Å². The van der Waals surface area contributed by atoms with Crippen molar-refractivity contribution in [3.63, 3.8) is 0 Å². The monoisotopic (exact) mass is 367 g/mol. The first-order valence-corrected chi connectivity index (χ1v) is 7.97. The number of hydrogen-bond acceptors (Lipinski definition) is 4. The Bertz CT molecular complexity index is 779. The molecule has 0 unspecified atom stereocenters. The Morgan fingerprint density at radius 3 is 2.65 bits per heavy atom. The molecule has 0 fully saturated rings. The van der Waals surface area contributed by atoms with E-state index >= 15 is 0 Å². The number of halogens is 3. The minimum Gasteiger partial charge on any atom is -0.338 e. The Balaban J connectivity index is 1.90. The normalized spacial score (nSPS) is 11.3. The molecule has 140 valence electrons. The molecule has 0 radical (unpaired) electrons. The van der Waals surface area contributed by atoms with Crippen molar-refractivity contribution in [2.45, 2.75) is 33.0 Å². The van der Waals surface area contributed by atoms with Gasteiger partial charge in [0.05, 0.1) is 0 Å². The molecule has 2 aromatic heterocycles. The molecule has 2 amide bonds. The van der Waals surface area contributed by atoms with Crippen LogP contribution < -0.4 is 5.32 Å². The molecular formula is C17H20F3N5O. The summed E-state index contributed by atoms with van der Waals surface area (Å²) in [6.45, 7) is 3.92. The third-order valence-corrected chi connectivity index (χ3v) is 3.71. The van der Waals surface area contributed by atoms with Crippen LogP contribution in [-0.4, -0.2) is 39.5 Å². The molecule has 0 saturated carbocycles. The van der Waals surface area contributed by atoms with Crippen LogP contribution in [0.2, 0.25) is 0 Å². The molecule has 0 aromatic carbocycles. The van der Waals surface area contributed by atoms with Crippen LogP contribution in [0.3, 0.4) is 0 Å². The van der Waals surface area contributed by atoms with Gasteiger partial charge >= 0.3 is 12.2 Å². The number of urea groups is 1. The second kappa shape index (κ2) is 8.11. The van der Waals surface area contributed by atoms with Crippen LogP contribution in [0.1, 0.15) is 28.3 Å². The Labute approximate surface area is 149 Å². The third-order valence-electron chi connectivity index (χ3n) is 3.71. The summed E-state index contributed by atoms with van der Waals surface area (Å²) < 4.78 is 38.3. The fourth-order valence-electron chi connectivity index (χ4n) is 2.31. The molecule has 6 nitrogen and oxygen atoms in total. The van der Waals surface area contributed by atoms with Crippen LogP contribution >= 0.6 is 0 Å². The maximum absolute atomic E-state index is 12.8. The summed E-state index contributed by atoms with van der Waals surface area (Å²) in [5.41, 5.74) is 1.20. The summed E-state index contributed by atoms with van der Waals surface area (Å²) in [7, 11) is 1.64. The lowest BCUT2D eigenvalue weighted by atomic mass is 10.1. The highest BCUT2D eigenvalue weighted by molar-refractivity contribution is 5.73. The number of hydrogen-bond donors (Lipinski definition) is 1. The summed E-state index contributed by atoms with van der Waals surface area (Å²) in [4.78, 5) is 25.1. The predicted octanol–water partition coefficient (Wildman–Crippen LogP) is 2.89. The number of amides is 2. The number of nitrogens with zero attached hydrogens (tertiary/aromatic N) is 4. The van der Waals surface area contributed by atoms with Crippen LogP contribution in [0, 0.1) is 13.8 Å². The average Bonchev–Trinajstić information content (AvgIpc) is 2.55. The zero-order chi connectivity index (χ0) is 19.3. The van der Waals surface area contributed by atoms with E-state index in [-0.39, 0.29) is 30.5 Å². The summed E-state index contributed by atoms with van der Waals surface area (Å²) in [5, 5.41) is 2.66. The predicted molar refractivity (Wildman–Crippen MR) is 89.3 cm³/mol. The van der Waals surface area contributed by atoms with Gasteiger partial charge in [0.1, 0.15) is 11.5 Å². The number of nitrogens with one attached hydrogen (secondary N) is 1. The lowest BCUT2D eigenvalue weighted by Gasteiger charge is -2.19. The van der Waals surface area contributed by atoms with Crippen molar-refractivity contribution in [2.24, 2.45) is 0 Å². The number of alkyl halides is 3. The van der Waals surface area contributed by atoms with Crippen molar-refractivity contribution < 1.29 is 18.0 Å². The van der Waals surface area contributed by atoms with Gasteiger partial charge in [-0.3, -0.25) is 4.98 Å². The molecule has 9 heteroatoms. The van der Waals surface area contributed by atoms with Crippen LogP contribution in [0.5, 0.6) is 0 Å². The van der Waals surface area contributed by atoms with E-state index in [1.807, 2.05) is 13.0 Å². The van der Waals surface area contributed by atoms with Gasteiger partial charge in [-0.2, -0.15) is 13.2 Å². The number of pyridine rings is 1. The highest BCUT2D eigenvalue weighted by Crippen LogP contribution is 2.27. The minimum absolute atomic E-state index is 0.0465. The number of carbonyl (C=O) groups excluding carboxylic acids is 1. The molecule has 0 aliphatic heterocycles. The fraction of sp³-hybridized carbons (Fsp3) is 0.412. The van der Waals surface area contributed by atoms with Gasteiger partial charge in [-0.15, -0.1) is 0 Å². The Hall–Kier alpha value is -2.71. The second-order valence-corrected chi connectivity index (χ2v) is 5.95. The molecule has 2 aromatic rings. The number of aryl methyl sites for hydroxylation is 2. The Morgan fingerprint density at radius 2 is 2.00 bits per heavy atom. The van der Waals surface area contributed by atoms with E-state index in [4.69, 9.17) is 0 Å². The van der Waals surface area contributed by atoms with Gasteiger partial charge in [0.15, 0.2) is 0 Å². The molecule has 0 aliphatic carbocycles. The largest absolute Gasteiger partial charge is 0.433 e. The van der Waals surface area contributed by atoms with Gasteiger partial charge < -0.3 is 10.2 Å². The minimum atomic E-state index is -4.52. The summed E-state index contributed by atoms with van der Waals surface area (Å²) >= 11 is 0. The van der Waals surface area contributed by atoms with Crippen molar-refractivity contribution in [3.05, 3.63) is 52.9 Å². The van der Waals surface area contributed by atoms with E-state index in [1.54, 1.807) is 19.4 Å². The van der Waals surface area contributed by atoms with Gasteiger partial charge in [0, 0.05) is 44.6 Å². The topological polar surface area (TPSA) is 71.0 Å². The van der Waals surface area contributed by atoms with Crippen molar-refractivity contribution in [3.8, 4) is 0 Å². The first kappa shape index (κ1) is 19.6. The Morgan fingerprint density at radius 1 is 1.27 bits per heavy atom. The van der Waals surface area contributed by atoms with Crippen LogP contribution in [0.25, 0.3) is 0 Å². The third kappa shape index (κ3) is 5.40. The highest BCUT2D eigenvalue weighted by Gasteiger charge is 2.33. The van der Waals surface area contributed by atoms with Crippen molar-refractivity contribution in [1.29, 1.82) is 0 Å². The molecule has 0 aliphatic rings. The molecule has 0 saturated heterocycles. The molecular weight excluding hydrogens is 347 g/mol. The summed E-state index contributed by atoms with van der Waals surface area (Å²) in [6.07, 6.45) is -1.04. The average molecular weight is 367 g/mol. The van der Waals surface area contributed by atoms with Crippen molar-refractivity contribution in [2.75, 3.05) is 13.6 Å². The Kier molecular flexibility index (Phi) is 6.12. The van der Waals surface area contributed by atoms with E-state index in [1.165, 1.54) is 11.8 Å². The lowest BCUT2D eigenvalue weighted by Crippen LogP contribution is -2.38. The van der Waals surface area contributed by atoms with Crippen LogP contribution in [-0.2, 0) is 19.1 Å². The molecule has 26 heavy (non-hydrogen) atoms. The zero-order valence-electron chi connectivity index (χ0n) is 14.8. The first-order valence-electron chi connectivity index (χ1n) is 7.97. The SMILES string of the molecule is Cc1cc(C(F)(F)F)nc(CCNC(=O)N(C)Cc2ccncc2C)n1. The number of rotatable bonds is 5. The van der Waals surface area contributed by atoms with Gasteiger partial charge in [-0.1, -0.05) is 0 Å². The van der Waals surface area contributed by atoms with E-state index in [2.05, 4.69) is 20.3 Å². The second-order valence-electron chi connectivity index (χ2n) is 5.95. The molecule has 0 atom stereocenters. The van der Waals surface area contributed by atoms with E-state index in [9.17, 15) is 18.0 Å². The highest BCUT2D eigenvalue weighted by atomic mass is 19.4. The number of carbonyl (C=O) groups is 1. The van der Waals surface area contributed by atoms with E-state index in [0.29, 0.717) is 6.54 Å². The maximum Gasteiger partial charge on any atom is 0.433 e. The first-order chi connectivity index (χ1) is 12.2. The quantitative estimate of drug-likeness (QED) is 0.882. The lowest BCUT2D eigenvalue weighted by molar-refractivity contribution is -0.141. The van der Waals surface area contributed by atoms with Crippen molar-refractivity contribution in [1.82, 2.24) is 25.2 Å². The van der Waals surface area contributed by atoms with E-state index in [0.717, 1.165) is 17.2 Å². The molecule has 0 spiro atoms. The molecule has 2 rings (SSSR count). The van der Waals surface area contributed by atoms with Crippen LogP contribution in [0.15, 0.2) is 24.5 Å². The molecule has 0 bridgehead atoms. The van der Waals surface area contributed by atoms with E-state index < -0.39 is 11.9 Å². The molecule has 1 N–H and O–H groups in total. The van der Waals surface area contributed by atoms with Gasteiger partial charge in [0.2, 0.25) is 0 Å². The summed E-state index contributed by atoms with van der Waals surface area (Å²) in [5.74, 6) is 0.0465. The zero-order valence-corrected chi connectivity index (χ0v) is 14.8. The molecule has 2 heterocycles. The van der Waals surface area contributed by atoms with Crippen molar-refractivity contribution >= 4 is 6.03 Å². The standard InChI is InChI=1S/C17H20F3N5O/c1-11-9-21-6-4-13(11)10-25(3)16(26)22-7-5-15-23-12(2)8-14(24-15)17(18,19)20/h4,6,8-9H,5,7,10H2,1-3H3,(H,22,26). The van der Waals surface area contributed by atoms with Gasteiger partial charge in [-0.05, 0) is 37.1 Å². The smallest absolute Gasteiger partial charge is 0.338 e. The fourth-order valence-corrected chi connectivity index (χ4v) is 2.31. The van der Waals surface area contributed by atoms with Gasteiger partial charge in [0.25, 0.3) is 0 Å². The number of aromatic nitrogens is 3. The maximum atomic E-state index is 12.8. The van der Waals surface area contributed by atoms with Crippen LogP contribution in [0.4, 0.5) is 18.0 Å².